The average Bonchev–Trinajstić information content (AvgIpc) is 3.10. The minimum absolute atomic E-state index is 0. The smallest absolute Gasteiger partial charge is 0.257 e. The number of benzene rings is 1. The van der Waals surface area contributed by atoms with Gasteiger partial charge in [0.1, 0.15) is 5.75 Å². The van der Waals surface area contributed by atoms with Gasteiger partial charge in [0.25, 0.3) is 5.91 Å². The predicted octanol–water partition coefficient (Wildman–Crippen LogP) is 2.56. The minimum Gasteiger partial charge on any atom is -0.497 e. The summed E-state index contributed by atoms with van der Waals surface area (Å²) in [7, 11) is 1.65. The van der Waals surface area contributed by atoms with Crippen molar-refractivity contribution in [3.63, 3.8) is 0 Å². The molecule has 0 radical (unpaired) electrons. The van der Waals surface area contributed by atoms with E-state index in [-0.39, 0.29) is 24.4 Å². The Morgan fingerprint density at radius 2 is 1.96 bits per heavy atom. The van der Waals surface area contributed by atoms with E-state index in [9.17, 15) is 4.79 Å². The number of aromatic nitrogens is 2. The summed E-state index contributed by atoms with van der Waals surface area (Å²) in [5.41, 5.74) is 7.73. The zero-order chi connectivity index (χ0) is 17.8. The Balaban J connectivity index is 0.00000243. The molecule has 142 valence electrons. The fourth-order valence-electron chi connectivity index (χ4n) is 3.29. The number of halogens is 1. The molecule has 26 heavy (non-hydrogen) atoms. The molecule has 1 atom stereocenters. The van der Waals surface area contributed by atoms with Crippen molar-refractivity contribution < 1.29 is 9.53 Å². The van der Waals surface area contributed by atoms with Crippen molar-refractivity contribution in [1.82, 2.24) is 14.7 Å². The van der Waals surface area contributed by atoms with Gasteiger partial charge in [-0.05, 0) is 43.4 Å². The summed E-state index contributed by atoms with van der Waals surface area (Å²) < 4.78 is 6.96. The molecule has 2 aromatic rings. The van der Waals surface area contributed by atoms with E-state index < -0.39 is 0 Å². The number of amides is 1. The summed E-state index contributed by atoms with van der Waals surface area (Å²) in [5.74, 6) is 1.40. The van der Waals surface area contributed by atoms with Crippen molar-refractivity contribution in [2.75, 3.05) is 20.2 Å². The van der Waals surface area contributed by atoms with Crippen LogP contribution >= 0.6 is 12.4 Å². The Hall–Kier alpha value is -2.05. The maximum absolute atomic E-state index is 12.7. The van der Waals surface area contributed by atoms with Crippen molar-refractivity contribution >= 4 is 18.3 Å². The van der Waals surface area contributed by atoms with E-state index in [1.54, 1.807) is 18.0 Å². The SMILES string of the molecule is COc1ccc(Cn2cc(C(=O)N3CCC(C(C)N)CC3)cn2)cc1.Cl. The topological polar surface area (TPSA) is 73.4 Å². The summed E-state index contributed by atoms with van der Waals surface area (Å²) in [6.45, 7) is 4.22. The largest absolute Gasteiger partial charge is 0.497 e. The first-order valence-corrected chi connectivity index (χ1v) is 8.77. The highest BCUT2D eigenvalue weighted by molar-refractivity contribution is 5.93. The lowest BCUT2D eigenvalue weighted by atomic mass is 9.91. The molecule has 1 aliphatic rings. The number of carbonyl (C=O) groups is 1. The van der Waals surface area contributed by atoms with Gasteiger partial charge >= 0.3 is 0 Å². The van der Waals surface area contributed by atoms with Crippen LogP contribution < -0.4 is 10.5 Å². The van der Waals surface area contributed by atoms with Gasteiger partial charge in [0.05, 0.1) is 25.4 Å². The van der Waals surface area contributed by atoms with E-state index in [1.807, 2.05) is 42.3 Å². The van der Waals surface area contributed by atoms with Gasteiger partial charge in [-0.15, -0.1) is 12.4 Å². The van der Waals surface area contributed by atoms with Crippen molar-refractivity contribution in [2.45, 2.75) is 32.4 Å². The minimum atomic E-state index is 0. The second-order valence-electron chi connectivity index (χ2n) is 6.76. The third-order valence-corrected chi connectivity index (χ3v) is 4.95. The normalized spacial score (nSPS) is 16.0. The van der Waals surface area contributed by atoms with Crippen LogP contribution in [-0.4, -0.2) is 46.8 Å². The number of rotatable bonds is 5. The summed E-state index contributed by atoms with van der Waals surface area (Å²) >= 11 is 0. The molecule has 1 fully saturated rings. The van der Waals surface area contributed by atoms with Crippen molar-refractivity contribution in [3.8, 4) is 5.75 Å². The van der Waals surface area contributed by atoms with Crippen LogP contribution in [0.2, 0.25) is 0 Å². The molecule has 0 aliphatic carbocycles. The van der Waals surface area contributed by atoms with Crippen molar-refractivity contribution in [1.29, 1.82) is 0 Å². The number of carbonyl (C=O) groups excluding carboxylic acids is 1. The first-order valence-electron chi connectivity index (χ1n) is 8.77. The number of ether oxygens (including phenoxy) is 1. The Morgan fingerprint density at radius 1 is 1.31 bits per heavy atom. The summed E-state index contributed by atoms with van der Waals surface area (Å²) in [4.78, 5) is 14.6. The summed E-state index contributed by atoms with van der Waals surface area (Å²) in [5, 5.41) is 4.33. The Kier molecular flexibility index (Phi) is 7.06. The zero-order valence-corrected chi connectivity index (χ0v) is 16.1. The first kappa shape index (κ1) is 20.3. The lowest BCUT2D eigenvalue weighted by Crippen LogP contribution is -2.42. The average molecular weight is 379 g/mol. The predicted molar refractivity (Wildman–Crippen MR) is 104 cm³/mol. The molecule has 1 unspecified atom stereocenters. The van der Waals surface area contributed by atoms with E-state index in [1.165, 1.54) is 0 Å². The van der Waals surface area contributed by atoms with Gasteiger partial charge < -0.3 is 15.4 Å². The van der Waals surface area contributed by atoms with Crippen molar-refractivity contribution in [3.05, 3.63) is 47.8 Å². The standard InChI is InChI=1S/C19H26N4O2.ClH/c1-14(20)16-7-9-22(10-8-16)19(24)17-11-21-23(13-17)12-15-3-5-18(25-2)6-4-15;/h3-6,11,13-14,16H,7-10,12,20H2,1-2H3;1H. The maximum atomic E-state index is 12.7. The maximum Gasteiger partial charge on any atom is 0.257 e. The van der Waals surface area contributed by atoms with E-state index in [2.05, 4.69) is 5.10 Å². The Bertz CT molecular complexity index is 707. The van der Waals surface area contributed by atoms with Crippen LogP contribution in [0.1, 0.15) is 35.7 Å². The van der Waals surface area contributed by atoms with E-state index in [0.717, 1.165) is 37.2 Å². The molecule has 1 aromatic heterocycles. The highest BCUT2D eigenvalue weighted by atomic mass is 35.5. The van der Waals surface area contributed by atoms with Crippen LogP contribution in [0, 0.1) is 5.92 Å². The van der Waals surface area contributed by atoms with Crippen molar-refractivity contribution in [2.24, 2.45) is 11.7 Å². The number of likely N-dealkylation sites (tertiary alicyclic amines) is 1. The number of methoxy groups -OCH3 is 1. The molecule has 0 saturated carbocycles. The monoisotopic (exact) mass is 378 g/mol. The summed E-state index contributed by atoms with van der Waals surface area (Å²) in [6, 6.07) is 8.05. The summed E-state index contributed by atoms with van der Waals surface area (Å²) in [6.07, 6.45) is 5.43. The fourth-order valence-corrected chi connectivity index (χ4v) is 3.29. The van der Waals surface area contributed by atoms with Crippen LogP contribution in [0.25, 0.3) is 0 Å². The zero-order valence-electron chi connectivity index (χ0n) is 15.3. The molecule has 0 spiro atoms. The quantitative estimate of drug-likeness (QED) is 0.867. The second-order valence-corrected chi connectivity index (χ2v) is 6.76. The van der Waals surface area contributed by atoms with Crippen LogP contribution in [0.3, 0.4) is 0 Å². The highest BCUT2D eigenvalue weighted by Gasteiger charge is 2.26. The van der Waals surface area contributed by atoms with Gasteiger partial charge in [-0.3, -0.25) is 9.48 Å². The number of hydrogen-bond acceptors (Lipinski definition) is 4. The van der Waals surface area contributed by atoms with Crippen LogP contribution in [0.5, 0.6) is 5.75 Å². The third-order valence-electron chi connectivity index (χ3n) is 4.95. The second kappa shape index (κ2) is 9.05. The van der Waals surface area contributed by atoms with Crippen LogP contribution in [-0.2, 0) is 6.54 Å². The van der Waals surface area contributed by atoms with Gasteiger partial charge in [-0.1, -0.05) is 12.1 Å². The molecule has 3 rings (SSSR count). The number of piperidine rings is 1. The van der Waals surface area contributed by atoms with Crippen LogP contribution in [0.15, 0.2) is 36.7 Å². The molecule has 0 bridgehead atoms. The highest BCUT2D eigenvalue weighted by Crippen LogP contribution is 2.21. The van der Waals surface area contributed by atoms with E-state index in [4.69, 9.17) is 10.5 Å². The molecular formula is C19H27ClN4O2. The third kappa shape index (κ3) is 4.77. The molecule has 2 N–H and O–H groups in total. The molecule has 1 amide bonds. The Morgan fingerprint density at radius 3 is 2.54 bits per heavy atom. The van der Waals surface area contributed by atoms with E-state index >= 15 is 0 Å². The number of nitrogens with zero attached hydrogens (tertiary/aromatic N) is 3. The molecule has 1 aliphatic heterocycles. The fraction of sp³-hybridized carbons (Fsp3) is 0.474. The lowest BCUT2D eigenvalue weighted by Gasteiger charge is -2.33. The molecule has 1 aromatic carbocycles. The molecule has 2 heterocycles. The van der Waals surface area contributed by atoms with Gasteiger partial charge in [0.2, 0.25) is 0 Å². The number of hydrogen-bond donors (Lipinski definition) is 1. The molecular weight excluding hydrogens is 352 g/mol. The van der Waals surface area contributed by atoms with Gasteiger partial charge in [0, 0.05) is 25.3 Å². The van der Waals surface area contributed by atoms with Gasteiger partial charge in [0.15, 0.2) is 0 Å². The first-order chi connectivity index (χ1) is 12.1. The van der Waals surface area contributed by atoms with Gasteiger partial charge in [-0.25, -0.2) is 0 Å². The van der Waals surface area contributed by atoms with Crippen LogP contribution in [0.4, 0.5) is 0 Å². The lowest BCUT2D eigenvalue weighted by molar-refractivity contribution is 0.0681. The molecule has 1 saturated heterocycles. The molecule has 6 nitrogen and oxygen atoms in total. The number of nitrogens with two attached hydrogens (primary N) is 1. The van der Waals surface area contributed by atoms with Gasteiger partial charge in [-0.2, -0.15) is 5.10 Å². The molecule has 7 heteroatoms. The van der Waals surface area contributed by atoms with E-state index in [0.29, 0.717) is 18.0 Å². The Labute approximate surface area is 160 Å².